The summed E-state index contributed by atoms with van der Waals surface area (Å²) in [5, 5.41) is 3.89. The minimum atomic E-state index is -0.433. The van der Waals surface area contributed by atoms with Crippen molar-refractivity contribution in [1.29, 1.82) is 0 Å². The van der Waals surface area contributed by atoms with Gasteiger partial charge in [-0.2, -0.15) is 0 Å². The maximum absolute atomic E-state index is 12.6. The number of benzene rings is 2. The number of carbonyl (C=O) groups is 1. The lowest BCUT2D eigenvalue weighted by molar-refractivity contribution is 0.102. The smallest absolute Gasteiger partial charge is 0.336 e. The maximum atomic E-state index is 12.6. The van der Waals surface area contributed by atoms with Crippen LogP contribution in [0.4, 0.5) is 5.69 Å². The molecule has 0 aliphatic carbocycles. The zero-order valence-corrected chi connectivity index (χ0v) is 14.6. The third kappa shape index (κ3) is 2.99. The van der Waals surface area contributed by atoms with E-state index in [1.165, 1.54) is 12.1 Å². The second-order valence-corrected chi connectivity index (χ2v) is 6.30. The largest absolute Gasteiger partial charge is 0.486 e. The molecule has 26 heavy (non-hydrogen) atoms. The lowest BCUT2D eigenvalue weighted by atomic mass is 10.1. The Bertz CT molecular complexity index is 1090. The van der Waals surface area contributed by atoms with Crippen molar-refractivity contribution < 1.29 is 18.7 Å². The number of rotatable bonds is 2. The number of halogens is 1. The van der Waals surface area contributed by atoms with E-state index in [0.717, 1.165) is 10.9 Å². The van der Waals surface area contributed by atoms with Crippen molar-refractivity contribution in [2.45, 2.75) is 6.92 Å². The Hall–Kier alpha value is -2.99. The van der Waals surface area contributed by atoms with Crippen molar-refractivity contribution in [3.05, 3.63) is 63.0 Å². The van der Waals surface area contributed by atoms with Gasteiger partial charge >= 0.3 is 5.63 Å². The Balaban J connectivity index is 1.65. The molecule has 1 aromatic heterocycles. The zero-order chi connectivity index (χ0) is 18.3. The molecule has 4 rings (SSSR count). The fourth-order valence-corrected chi connectivity index (χ4v) is 3.11. The van der Waals surface area contributed by atoms with Crippen LogP contribution in [-0.2, 0) is 0 Å². The van der Waals surface area contributed by atoms with E-state index < -0.39 is 5.63 Å². The van der Waals surface area contributed by atoms with Crippen LogP contribution >= 0.6 is 11.6 Å². The van der Waals surface area contributed by atoms with E-state index in [4.69, 9.17) is 25.5 Å². The Kier molecular flexibility index (Phi) is 4.05. The van der Waals surface area contributed by atoms with Crippen LogP contribution in [0.5, 0.6) is 11.5 Å². The van der Waals surface area contributed by atoms with E-state index in [9.17, 15) is 9.59 Å². The number of nitrogens with one attached hydrogen (secondary N) is 1. The number of amides is 1. The van der Waals surface area contributed by atoms with Crippen molar-refractivity contribution in [3.8, 4) is 11.5 Å². The summed E-state index contributed by atoms with van der Waals surface area (Å²) >= 11 is 6.17. The van der Waals surface area contributed by atoms with Gasteiger partial charge in [-0.3, -0.25) is 4.79 Å². The highest BCUT2D eigenvalue weighted by molar-refractivity contribution is 6.32. The number of fused-ring (bicyclic) bond motifs is 2. The molecule has 1 aliphatic heterocycles. The van der Waals surface area contributed by atoms with Gasteiger partial charge in [0.15, 0.2) is 11.5 Å². The first-order chi connectivity index (χ1) is 12.5. The first-order valence-corrected chi connectivity index (χ1v) is 8.34. The van der Waals surface area contributed by atoms with E-state index in [2.05, 4.69) is 5.32 Å². The molecule has 0 saturated heterocycles. The number of anilines is 1. The molecule has 1 amide bonds. The van der Waals surface area contributed by atoms with E-state index in [1.807, 2.05) is 6.92 Å². The highest BCUT2D eigenvalue weighted by Crippen LogP contribution is 2.38. The molecule has 0 radical (unpaired) electrons. The van der Waals surface area contributed by atoms with Crippen molar-refractivity contribution in [2.75, 3.05) is 18.5 Å². The van der Waals surface area contributed by atoms with Gasteiger partial charge < -0.3 is 19.2 Å². The summed E-state index contributed by atoms with van der Waals surface area (Å²) in [6, 6.07) is 9.68. The molecule has 1 N–H and O–H groups in total. The van der Waals surface area contributed by atoms with Crippen LogP contribution in [0.15, 0.2) is 45.6 Å². The van der Waals surface area contributed by atoms with Crippen LogP contribution in [0, 0.1) is 6.92 Å². The number of carbonyl (C=O) groups excluding carboxylic acids is 1. The molecule has 0 bridgehead atoms. The topological polar surface area (TPSA) is 77.8 Å². The van der Waals surface area contributed by atoms with Crippen molar-refractivity contribution in [2.24, 2.45) is 0 Å². The van der Waals surface area contributed by atoms with Crippen LogP contribution in [0.25, 0.3) is 11.0 Å². The Morgan fingerprint density at radius 1 is 1.12 bits per heavy atom. The van der Waals surface area contributed by atoms with Gasteiger partial charge in [0.2, 0.25) is 0 Å². The van der Waals surface area contributed by atoms with Crippen LogP contribution in [0.3, 0.4) is 0 Å². The molecule has 1 aliphatic rings. The second kappa shape index (κ2) is 6.38. The summed E-state index contributed by atoms with van der Waals surface area (Å²) in [5.74, 6) is 0.518. The monoisotopic (exact) mass is 371 g/mol. The minimum absolute atomic E-state index is 0.312. The fraction of sp³-hybridized carbons (Fsp3) is 0.158. The van der Waals surface area contributed by atoms with E-state index in [1.54, 1.807) is 24.3 Å². The number of hydrogen-bond acceptors (Lipinski definition) is 5. The summed E-state index contributed by atoms with van der Waals surface area (Å²) in [6.45, 7) is 2.64. The first kappa shape index (κ1) is 16.5. The fourth-order valence-electron chi connectivity index (χ4n) is 2.85. The van der Waals surface area contributed by atoms with Gasteiger partial charge in [-0.25, -0.2) is 4.79 Å². The predicted molar refractivity (Wildman–Crippen MR) is 97.6 cm³/mol. The molecular formula is C19H14ClNO5. The quantitative estimate of drug-likeness (QED) is 0.694. The Morgan fingerprint density at radius 2 is 1.92 bits per heavy atom. The molecule has 0 fully saturated rings. The SMILES string of the molecule is Cc1cc(=O)oc2cc(NC(=O)c3cc(Cl)c4c(c3)OCCO4)ccc12. The Labute approximate surface area is 153 Å². The summed E-state index contributed by atoms with van der Waals surface area (Å²) < 4.78 is 16.1. The van der Waals surface area contributed by atoms with E-state index in [0.29, 0.717) is 46.6 Å². The van der Waals surface area contributed by atoms with E-state index in [-0.39, 0.29) is 5.91 Å². The molecule has 6 nitrogen and oxygen atoms in total. The highest BCUT2D eigenvalue weighted by atomic mass is 35.5. The third-order valence-electron chi connectivity index (χ3n) is 4.07. The van der Waals surface area contributed by atoms with Gasteiger partial charge in [-0.1, -0.05) is 11.6 Å². The lowest BCUT2D eigenvalue weighted by Crippen LogP contribution is -2.17. The molecular weight excluding hydrogens is 358 g/mol. The zero-order valence-electron chi connectivity index (χ0n) is 13.8. The lowest BCUT2D eigenvalue weighted by Gasteiger charge is -2.20. The van der Waals surface area contributed by atoms with E-state index >= 15 is 0 Å². The van der Waals surface area contributed by atoms with Gasteiger partial charge in [0.05, 0.1) is 5.02 Å². The van der Waals surface area contributed by atoms with Gasteiger partial charge in [-0.05, 0) is 36.8 Å². The van der Waals surface area contributed by atoms with Gasteiger partial charge in [0.25, 0.3) is 5.91 Å². The average Bonchev–Trinajstić information content (AvgIpc) is 2.61. The van der Waals surface area contributed by atoms with Crippen LogP contribution in [0.2, 0.25) is 5.02 Å². The highest BCUT2D eigenvalue weighted by Gasteiger charge is 2.19. The molecule has 132 valence electrons. The van der Waals surface area contributed by atoms with Crippen LogP contribution < -0.4 is 20.4 Å². The van der Waals surface area contributed by atoms with Gasteiger partial charge in [0.1, 0.15) is 18.8 Å². The minimum Gasteiger partial charge on any atom is -0.486 e. The number of ether oxygens (including phenoxy) is 2. The summed E-state index contributed by atoms with van der Waals surface area (Å²) in [7, 11) is 0. The molecule has 7 heteroatoms. The van der Waals surface area contributed by atoms with Crippen LogP contribution in [-0.4, -0.2) is 19.1 Å². The molecule has 0 spiro atoms. The first-order valence-electron chi connectivity index (χ1n) is 7.96. The molecule has 0 unspecified atom stereocenters. The van der Waals surface area contributed by atoms with Gasteiger partial charge in [-0.15, -0.1) is 0 Å². The molecule has 0 atom stereocenters. The molecule has 2 aromatic carbocycles. The van der Waals surface area contributed by atoms with Crippen molar-refractivity contribution in [3.63, 3.8) is 0 Å². The average molecular weight is 372 g/mol. The third-order valence-corrected chi connectivity index (χ3v) is 4.35. The molecule has 3 aromatic rings. The summed E-state index contributed by atoms with van der Waals surface area (Å²) in [4.78, 5) is 24.1. The number of hydrogen-bond donors (Lipinski definition) is 1. The second-order valence-electron chi connectivity index (χ2n) is 5.90. The summed E-state index contributed by atoms with van der Waals surface area (Å²) in [5.41, 5.74) is 1.63. The number of aryl methyl sites for hydroxylation is 1. The normalized spacial score (nSPS) is 12.8. The predicted octanol–water partition coefficient (Wildman–Crippen LogP) is 3.78. The van der Waals surface area contributed by atoms with Gasteiger partial charge in [0, 0.05) is 28.8 Å². The van der Waals surface area contributed by atoms with Crippen LogP contribution in [0.1, 0.15) is 15.9 Å². The molecule has 2 heterocycles. The maximum Gasteiger partial charge on any atom is 0.336 e. The standard InChI is InChI=1S/C19H14ClNO5/c1-10-6-17(22)26-15-9-12(2-3-13(10)15)21-19(23)11-7-14(20)18-16(8-11)24-4-5-25-18/h2-3,6-9H,4-5H2,1H3,(H,21,23). The van der Waals surface area contributed by atoms with Crippen molar-refractivity contribution >= 4 is 34.2 Å². The molecule has 0 saturated carbocycles. The Morgan fingerprint density at radius 3 is 2.77 bits per heavy atom. The summed E-state index contributed by atoms with van der Waals surface area (Å²) in [6.07, 6.45) is 0. The van der Waals surface area contributed by atoms with Crippen molar-refractivity contribution in [1.82, 2.24) is 0 Å².